The molecule has 3 rings (SSSR count). The lowest BCUT2D eigenvalue weighted by Crippen LogP contribution is -2.45. The van der Waals surface area contributed by atoms with E-state index in [4.69, 9.17) is 4.74 Å². The summed E-state index contributed by atoms with van der Waals surface area (Å²) in [7, 11) is 1.69. The van der Waals surface area contributed by atoms with Crippen molar-refractivity contribution in [3.05, 3.63) is 54.1 Å². The molecular weight excluding hydrogens is 326 g/mol. The van der Waals surface area contributed by atoms with Gasteiger partial charge < -0.3 is 19.9 Å². The molecule has 0 radical (unpaired) electrons. The molecule has 26 heavy (non-hydrogen) atoms. The molecule has 1 amide bonds. The van der Waals surface area contributed by atoms with Crippen LogP contribution in [0.1, 0.15) is 12.0 Å². The van der Waals surface area contributed by atoms with E-state index >= 15 is 0 Å². The molecule has 1 N–H and O–H groups in total. The Hall–Kier alpha value is -2.69. The Morgan fingerprint density at radius 1 is 1.04 bits per heavy atom. The van der Waals surface area contributed by atoms with Crippen LogP contribution in [0.3, 0.4) is 0 Å². The fraction of sp³-hybridized carbons (Fsp3) is 0.381. The Bertz CT molecular complexity index is 695. The summed E-state index contributed by atoms with van der Waals surface area (Å²) in [5.41, 5.74) is 3.72. The van der Waals surface area contributed by atoms with Crippen molar-refractivity contribution in [2.75, 3.05) is 50.1 Å². The van der Waals surface area contributed by atoms with Crippen LogP contribution in [0.5, 0.6) is 5.75 Å². The maximum Gasteiger partial charge on any atom is 0.209 e. The van der Waals surface area contributed by atoms with Crippen molar-refractivity contribution in [2.24, 2.45) is 0 Å². The van der Waals surface area contributed by atoms with Gasteiger partial charge in [0.2, 0.25) is 6.41 Å². The fourth-order valence-electron chi connectivity index (χ4n) is 3.27. The van der Waals surface area contributed by atoms with Crippen LogP contribution >= 0.6 is 0 Å². The molecule has 2 aromatic carbocycles. The number of aryl methyl sites for hydroxylation is 1. The Labute approximate surface area is 155 Å². The molecule has 1 fully saturated rings. The predicted molar refractivity (Wildman–Crippen MR) is 106 cm³/mol. The lowest BCUT2D eigenvalue weighted by Gasteiger charge is -2.35. The van der Waals surface area contributed by atoms with Crippen LogP contribution in [-0.2, 0) is 11.2 Å². The molecular formula is C21H27N3O2. The highest BCUT2D eigenvalue weighted by atomic mass is 16.5. The molecule has 1 aliphatic rings. The van der Waals surface area contributed by atoms with Gasteiger partial charge in [0.05, 0.1) is 18.5 Å². The van der Waals surface area contributed by atoms with Crippen molar-refractivity contribution in [1.29, 1.82) is 0 Å². The second-order valence-electron chi connectivity index (χ2n) is 6.52. The molecule has 5 nitrogen and oxygen atoms in total. The Kier molecular flexibility index (Phi) is 6.36. The molecule has 0 aliphatic carbocycles. The first kappa shape index (κ1) is 18.1. The highest BCUT2D eigenvalue weighted by Crippen LogP contribution is 2.26. The number of rotatable bonds is 8. The van der Waals surface area contributed by atoms with Gasteiger partial charge in [0.15, 0.2) is 0 Å². The van der Waals surface area contributed by atoms with E-state index in [0.717, 1.165) is 57.7 Å². The summed E-state index contributed by atoms with van der Waals surface area (Å²) in [6.45, 7) is 4.26. The topological polar surface area (TPSA) is 44.8 Å². The lowest BCUT2D eigenvalue weighted by molar-refractivity contribution is -0.118. The lowest BCUT2D eigenvalue weighted by atomic mass is 10.1. The third-order valence-corrected chi connectivity index (χ3v) is 4.82. The van der Waals surface area contributed by atoms with Crippen LogP contribution in [0.2, 0.25) is 0 Å². The number of anilines is 2. The van der Waals surface area contributed by atoms with E-state index in [-0.39, 0.29) is 0 Å². The maximum absolute atomic E-state index is 10.9. The van der Waals surface area contributed by atoms with Crippen LogP contribution in [0.15, 0.2) is 48.5 Å². The molecule has 1 aliphatic heterocycles. The zero-order valence-electron chi connectivity index (χ0n) is 15.4. The van der Waals surface area contributed by atoms with Gasteiger partial charge in [-0.3, -0.25) is 4.79 Å². The third kappa shape index (κ3) is 4.69. The zero-order valence-corrected chi connectivity index (χ0v) is 15.4. The number of carbonyl (C=O) groups excluding carboxylic acids is 1. The largest absolute Gasteiger partial charge is 0.497 e. The number of nitrogens with zero attached hydrogens (tertiary/aromatic N) is 2. The SMILES string of the molecule is COc1ccc(CCCNc2ccccc2N2CCN(C=O)CC2)cc1. The number of amides is 1. The summed E-state index contributed by atoms with van der Waals surface area (Å²) >= 11 is 0. The quantitative estimate of drug-likeness (QED) is 0.585. The minimum atomic E-state index is 0.787. The standard InChI is InChI=1S/C21H27N3O2/c1-26-19-10-8-18(9-11-19)5-4-12-22-20-6-2-3-7-21(20)24-15-13-23(17-25)14-16-24/h2-3,6-11,17,22H,4-5,12-16H2,1H3. The van der Waals surface area contributed by atoms with Crippen LogP contribution in [0, 0.1) is 0 Å². The van der Waals surface area contributed by atoms with Crippen molar-refractivity contribution in [2.45, 2.75) is 12.8 Å². The number of methoxy groups -OCH3 is 1. The molecule has 5 heteroatoms. The zero-order chi connectivity index (χ0) is 18.2. The molecule has 0 spiro atoms. The number of hydrogen-bond donors (Lipinski definition) is 1. The van der Waals surface area contributed by atoms with Crippen LogP contribution in [-0.4, -0.2) is 51.1 Å². The Balaban J connectivity index is 1.51. The summed E-state index contributed by atoms with van der Waals surface area (Å²) in [6.07, 6.45) is 3.05. The number of benzene rings is 2. The number of para-hydroxylation sites is 2. The monoisotopic (exact) mass is 353 g/mol. The highest BCUT2D eigenvalue weighted by Gasteiger charge is 2.17. The van der Waals surface area contributed by atoms with Crippen LogP contribution in [0.4, 0.5) is 11.4 Å². The molecule has 0 bridgehead atoms. The molecule has 138 valence electrons. The van der Waals surface area contributed by atoms with Gasteiger partial charge in [-0.05, 0) is 42.7 Å². The molecule has 1 saturated heterocycles. The molecule has 2 aromatic rings. The van der Waals surface area contributed by atoms with Gasteiger partial charge in [0.25, 0.3) is 0 Å². The van der Waals surface area contributed by atoms with Gasteiger partial charge >= 0.3 is 0 Å². The van der Waals surface area contributed by atoms with Gasteiger partial charge in [-0.1, -0.05) is 24.3 Å². The average Bonchev–Trinajstić information content (AvgIpc) is 2.72. The van der Waals surface area contributed by atoms with E-state index in [1.807, 2.05) is 17.0 Å². The van der Waals surface area contributed by atoms with Crippen LogP contribution in [0.25, 0.3) is 0 Å². The van der Waals surface area contributed by atoms with Crippen molar-refractivity contribution < 1.29 is 9.53 Å². The van der Waals surface area contributed by atoms with Gasteiger partial charge in [0.1, 0.15) is 5.75 Å². The van der Waals surface area contributed by atoms with Gasteiger partial charge in [-0.15, -0.1) is 0 Å². The van der Waals surface area contributed by atoms with E-state index in [2.05, 4.69) is 46.6 Å². The number of carbonyl (C=O) groups is 1. The second kappa shape index (κ2) is 9.13. The molecule has 0 aromatic heterocycles. The summed E-state index contributed by atoms with van der Waals surface area (Å²) in [5.74, 6) is 0.899. The third-order valence-electron chi connectivity index (χ3n) is 4.82. The first-order chi connectivity index (χ1) is 12.8. The van der Waals surface area contributed by atoms with E-state index in [0.29, 0.717) is 0 Å². The normalized spacial score (nSPS) is 14.2. The van der Waals surface area contributed by atoms with Crippen molar-refractivity contribution >= 4 is 17.8 Å². The minimum Gasteiger partial charge on any atom is -0.497 e. The van der Waals surface area contributed by atoms with Crippen LogP contribution < -0.4 is 15.0 Å². The van der Waals surface area contributed by atoms with E-state index in [1.54, 1.807) is 7.11 Å². The number of nitrogens with one attached hydrogen (secondary N) is 1. The fourth-order valence-corrected chi connectivity index (χ4v) is 3.27. The average molecular weight is 353 g/mol. The van der Waals surface area contributed by atoms with Gasteiger partial charge in [-0.2, -0.15) is 0 Å². The second-order valence-corrected chi connectivity index (χ2v) is 6.52. The summed E-state index contributed by atoms with van der Waals surface area (Å²) in [5, 5.41) is 3.58. The first-order valence-corrected chi connectivity index (χ1v) is 9.20. The van der Waals surface area contributed by atoms with Gasteiger partial charge in [-0.25, -0.2) is 0 Å². The predicted octanol–water partition coefficient (Wildman–Crippen LogP) is 3.02. The van der Waals surface area contributed by atoms with E-state index < -0.39 is 0 Å². The smallest absolute Gasteiger partial charge is 0.209 e. The number of hydrogen-bond acceptors (Lipinski definition) is 4. The van der Waals surface area contributed by atoms with E-state index in [9.17, 15) is 4.79 Å². The van der Waals surface area contributed by atoms with Gasteiger partial charge in [0, 0.05) is 32.7 Å². The molecule has 1 heterocycles. The van der Waals surface area contributed by atoms with Crippen molar-refractivity contribution in [3.63, 3.8) is 0 Å². The number of piperazine rings is 1. The summed E-state index contributed by atoms with van der Waals surface area (Å²) < 4.78 is 5.20. The molecule has 0 unspecified atom stereocenters. The Morgan fingerprint density at radius 2 is 1.77 bits per heavy atom. The number of ether oxygens (including phenoxy) is 1. The first-order valence-electron chi connectivity index (χ1n) is 9.20. The molecule has 0 atom stereocenters. The summed E-state index contributed by atoms with van der Waals surface area (Å²) in [6, 6.07) is 16.7. The highest BCUT2D eigenvalue weighted by molar-refractivity contribution is 5.70. The minimum absolute atomic E-state index is 0.787. The summed E-state index contributed by atoms with van der Waals surface area (Å²) in [4.78, 5) is 15.1. The van der Waals surface area contributed by atoms with E-state index in [1.165, 1.54) is 16.9 Å². The Morgan fingerprint density at radius 3 is 2.46 bits per heavy atom. The maximum atomic E-state index is 10.9. The van der Waals surface area contributed by atoms with Crippen molar-refractivity contribution in [1.82, 2.24) is 4.90 Å². The molecule has 0 saturated carbocycles. The van der Waals surface area contributed by atoms with Crippen molar-refractivity contribution in [3.8, 4) is 5.75 Å².